The van der Waals surface area contributed by atoms with E-state index in [4.69, 9.17) is 24.4 Å². The molecule has 94 valence electrons. The lowest BCUT2D eigenvalue weighted by molar-refractivity contribution is 0.395. The Labute approximate surface area is 115 Å². The minimum Gasteiger partial charge on any atom is -0.296 e. The van der Waals surface area contributed by atoms with Gasteiger partial charge in [0.25, 0.3) is 0 Å². The van der Waals surface area contributed by atoms with E-state index in [0.29, 0.717) is 0 Å². The molecular weight excluding hydrogens is 272 g/mol. The molecule has 3 heterocycles. The monoisotopic (exact) mass is 288 g/mol. The van der Waals surface area contributed by atoms with E-state index in [1.54, 1.807) is 0 Å². The van der Waals surface area contributed by atoms with Gasteiger partial charge >= 0.3 is 0 Å². The van der Waals surface area contributed by atoms with Crippen LogP contribution in [0.2, 0.25) is 0 Å². The highest BCUT2D eigenvalue weighted by atomic mass is 32.2. The Morgan fingerprint density at radius 3 is 1.88 bits per heavy atom. The average Bonchev–Trinajstić information content (AvgIpc) is 2.79. The van der Waals surface area contributed by atoms with Gasteiger partial charge in [0.05, 0.1) is 10.9 Å². The molecule has 0 atom stereocenters. The molecule has 0 aromatic carbocycles. The first-order chi connectivity index (χ1) is 8.20. The molecule has 3 aliphatic rings. The standard InChI is InChI=1S/C10H16N4S3/c1-3-13-8(15)11-6-5-7-12-9(16)14(4-2)17(13)10(11)12/h3-7H2,1-2H3. The Morgan fingerprint density at radius 1 is 1.00 bits per heavy atom. The SMILES string of the molecule is CCN1C(=S)N2CCCN3C(=S)N(CC)S1=C23. The van der Waals surface area contributed by atoms with Crippen LogP contribution in [-0.4, -0.2) is 59.9 Å². The van der Waals surface area contributed by atoms with Gasteiger partial charge < -0.3 is 0 Å². The van der Waals surface area contributed by atoms with Crippen molar-refractivity contribution in [1.29, 1.82) is 0 Å². The van der Waals surface area contributed by atoms with Crippen molar-refractivity contribution >= 4 is 50.6 Å². The van der Waals surface area contributed by atoms with Crippen LogP contribution >= 0.6 is 35.3 Å². The van der Waals surface area contributed by atoms with Crippen LogP contribution in [0.4, 0.5) is 0 Å². The van der Waals surface area contributed by atoms with E-state index >= 15 is 0 Å². The molecule has 0 spiro atoms. The van der Waals surface area contributed by atoms with E-state index in [1.165, 1.54) is 5.11 Å². The fourth-order valence-corrected chi connectivity index (χ4v) is 6.04. The number of hydrogen-bond donors (Lipinski definition) is 0. The van der Waals surface area contributed by atoms with Gasteiger partial charge in [-0.05, 0) is 44.7 Å². The Hall–Kier alpha value is -0.400. The van der Waals surface area contributed by atoms with E-state index in [2.05, 4.69) is 32.3 Å². The lowest BCUT2D eigenvalue weighted by Gasteiger charge is -2.36. The average molecular weight is 288 g/mol. The second-order valence-electron chi connectivity index (χ2n) is 4.16. The maximum absolute atomic E-state index is 5.58. The van der Waals surface area contributed by atoms with E-state index in [0.717, 1.165) is 42.8 Å². The van der Waals surface area contributed by atoms with Crippen LogP contribution in [0.3, 0.4) is 0 Å². The summed E-state index contributed by atoms with van der Waals surface area (Å²) < 4.78 is 4.62. The van der Waals surface area contributed by atoms with Crippen LogP contribution in [0, 0.1) is 0 Å². The maximum atomic E-state index is 5.58. The van der Waals surface area contributed by atoms with E-state index in [1.807, 2.05) is 0 Å². The molecule has 0 amide bonds. The summed E-state index contributed by atoms with van der Waals surface area (Å²) in [5.74, 6) is 0. The molecule has 0 N–H and O–H groups in total. The van der Waals surface area contributed by atoms with Gasteiger partial charge in [-0.3, -0.25) is 18.4 Å². The predicted molar refractivity (Wildman–Crippen MR) is 80.6 cm³/mol. The van der Waals surface area contributed by atoms with Crippen molar-refractivity contribution in [3.05, 3.63) is 0 Å². The quantitative estimate of drug-likeness (QED) is 0.708. The van der Waals surface area contributed by atoms with Crippen molar-refractivity contribution < 1.29 is 0 Å². The molecule has 0 unspecified atom stereocenters. The number of nitrogens with zero attached hydrogens (tertiary/aromatic N) is 4. The Kier molecular flexibility index (Phi) is 2.79. The maximum Gasteiger partial charge on any atom is 0.188 e. The zero-order valence-corrected chi connectivity index (χ0v) is 12.5. The third kappa shape index (κ3) is 1.39. The van der Waals surface area contributed by atoms with Crippen molar-refractivity contribution in [2.24, 2.45) is 0 Å². The summed E-state index contributed by atoms with van der Waals surface area (Å²) in [6.07, 6.45) is 1.14. The van der Waals surface area contributed by atoms with Gasteiger partial charge in [-0.15, -0.1) is 0 Å². The highest BCUT2D eigenvalue weighted by molar-refractivity contribution is 8.14. The molecule has 4 nitrogen and oxygen atoms in total. The molecule has 0 aromatic rings. The summed E-state index contributed by atoms with van der Waals surface area (Å²) in [5, 5.41) is 3.29. The highest BCUT2D eigenvalue weighted by Crippen LogP contribution is 2.43. The normalized spacial score (nSPS) is 24.2. The molecular formula is C10H16N4S3. The second-order valence-corrected chi connectivity index (χ2v) is 6.66. The molecule has 3 aliphatic heterocycles. The van der Waals surface area contributed by atoms with Crippen molar-refractivity contribution in [2.45, 2.75) is 20.3 Å². The van der Waals surface area contributed by atoms with Crippen LogP contribution in [0.25, 0.3) is 0 Å². The van der Waals surface area contributed by atoms with Gasteiger partial charge in [-0.1, -0.05) is 0 Å². The topological polar surface area (TPSA) is 13.0 Å². The zero-order valence-electron chi connectivity index (χ0n) is 10.0. The predicted octanol–water partition coefficient (Wildman–Crippen LogP) is 1.42. The molecule has 1 fully saturated rings. The minimum atomic E-state index is -0.0597. The zero-order chi connectivity index (χ0) is 12.2. The van der Waals surface area contributed by atoms with Gasteiger partial charge in [-0.25, -0.2) is 0 Å². The van der Waals surface area contributed by atoms with Crippen LogP contribution in [0.15, 0.2) is 0 Å². The summed E-state index contributed by atoms with van der Waals surface area (Å²) in [4.78, 5) is 4.57. The third-order valence-corrected chi connectivity index (χ3v) is 6.85. The molecule has 0 aromatic heterocycles. The van der Waals surface area contributed by atoms with E-state index < -0.39 is 0 Å². The summed E-state index contributed by atoms with van der Waals surface area (Å²) in [6.45, 7) is 8.33. The van der Waals surface area contributed by atoms with E-state index in [9.17, 15) is 0 Å². The Bertz CT molecular complexity index is 397. The van der Waals surface area contributed by atoms with Crippen molar-refractivity contribution in [3.8, 4) is 0 Å². The Morgan fingerprint density at radius 2 is 1.47 bits per heavy atom. The van der Waals surface area contributed by atoms with Crippen molar-refractivity contribution in [3.63, 3.8) is 0 Å². The fraction of sp³-hybridized carbons (Fsp3) is 0.700. The molecule has 3 rings (SSSR count). The van der Waals surface area contributed by atoms with Gasteiger partial charge in [-0.2, -0.15) is 0 Å². The smallest absolute Gasteiger partial charge is 0.188 e. The Balaban J connectivity index is 2.10. The molecule has 0 bridgehead atoms. The lowest BCUT2D eigenvalue weighted by Crippen LogP contribution is -2.52. The molecule has 17 heavy (non-hydrogen) atoms. The lowest BCUT2D eigenvalue weighted by atomic mass is 10.3. The van der Waals surface area contributed by atoms with Crippen molar-refractivity contribution in [1.82, 2.24) is 18.4 Å². The van der Waals surface area contributed by atoms with Gasteiger partial charge in [0, 0.05) is 26.2 Å². The fourth-order valence-electron chi connectivity index (χ4n) is 2.52. The number of hydrogen-bond acceptors (Lipinski definition) is 2. The first-order valence-electron chi connectivity index (χ1n) is 6.00. The van der Waals surface area contributed by atoms with Crippen LogP contribution in [0.1, 0.15) is 20.3 Å². The van der Waals surface area contributed by atoms with Gasteiger partial charge in [0.1, 0.15) is 0 Å². The summed E-state index contributed by atoms with van der Waals surface area (Å²) in [6, 6.07) is 0. The summed E-state index contributed by atoms with van der Waals surface area (Å²) >= 11 is 11.2. The van der Waals surface area contributed by atoms with Crippen LogP contribution in [0.5, 0.6) is 0 Å². The largest absolute Gasteiger partial charge is 0.296 e. The first kappa shape index (κ1) is 11.7. The number of thiocarbonyl (C=S) groups is 2. The molecule has 7 heteroatoms. The second kappa shape index (κ2) is 4.07. The summed E-state index contributed by atoms with van der Waals surface area (Å²) in [7, 11) is -0.0597. The summed E-state index contributed by atoms with van der Waals surface area (Å²) in [5.41, 5.74) is 0. The van der Waals surface area contributed by atoms with Gasteiger partial charge in [0.2, 0.25) is 0 Å². The van der Waals surface area contributed by atoms with Crippen LogP contribution in [-0.2, 0) is 0 Å². The molecule has 1 saturated heterocycles. The molecule has 0 aliphatic carbocycles. The molecule has 0 saturated carbocycles. The number of rotatable bonds is 2. The minimum absolute atomic E-state index is 0.0597. The van der Waals surface area contributed by atoms with Crippen LogP contribution < -0.4 is 0 Å². The van der Waals surface area contributed by atoms with Crippen molar-refractivity contribution in [2.75, 3.05) is 26.2 Å². The van der Waals surface area contributed by atoms with E-state index in [-0.39, 0.29) is 10.9 Å². The molecule has 0 radical (unpaired) electrons. The highest BCUT2D eigenvalue weighted by Gasteiger charge is 2.47. The third-order valence-electron chi connectivity index (χ3n) is 3.27. The van der Waals surface area contributed by atoms with Gasteiger partial charge in [0.15, 0.2) is 15.3 Å². The first-order valence-corrected chi connectivity index (χ1v) is 7.95.